The van der Waals surface area contributed by atoms with Crippen molar-refractivity contribution in [2.45, 2.75) is 32.1 Å². The summed E-state index contributed by atoms with van der Waals surface area (Å²) in [5.41, 5.74) is 5.87. The monoisotopic (exact) mass is 573 g/mol. The molecule has 2 aliphatic rings. The summed E-state index contributed by atoms with van der Waals surface area (Å²) in [7, 11) is 6.77. The van der Waals surface area contributed by atoms with Gasteiger partial charge < -0.3 is 33.7 Å². The number of hydrogen-bond donors (Lipinski definition) is 1. The first-order chi connectivity index (χ1) is 20.4. The first-order valence-corrected chi connectivity index (χ1v) is 15.0. The van der Waals surface area contributed by atoms with E-state index in [-0.39, 0.29) is 11.9 Å². The molecule has 0 saturated carbocycles. The molecule has 0 spiro atoms. The van der Waals surface area contributed by atoms with Crippen molar-refractivity contribution in [3.63, 3.8) is 0 Å². The second kappa shape index (κ2) is 13.3. The molecule has 42 heavy (non-hydrogen) atoms. The fraction of sp³-hybridized carbons (Fsp3) is 0.455. The van der Waals surface area contributed by atoms with Gasteiger partial charge in [-0.1, -0.05) is 12.8 Å². The molecule has 2 fully saturated rings. The summed E-state index contributed by atoms with van der Waals surface area (Å²) >= 11 is 0. The number of nitrogens with one attached hydrogen (secondary N) is 1. The van der Waals surface area contributed by atoms with E-state index in [0.29, 0.717) is 11.1 Å². The van der Waals surface area contributed by atoms with Gasteiger partial charge in [0.05, 0.1) is 36.4 Å². The number of nitrogens with zero attached hydrogens (tertiary/aromatic N) is 4. The first kappa shape index (κ1) is 29.5. The molecule has 9 nitrogen and oxygen atoms in total. The lowest BCUT2D eigenvalue weighted by molar-refractivity contribution is 0.0594. The zero-order valence-electron chi connectivity index (χ0n) is 25.3. The number of hydrogen-bond acceptors (Lipinski definition) is 7. The van der Waals surface area contributed by atoms with E-state index in [1.54, 1.807) is 0 Å². The van der Waals surface area contributed by atoms with Gasteiger partial charge in [0.1, 0.15) is 0 Å². The highest BCUT2D eigenvalue weighted by molar-refractivity contribution is 6.05. The Bertz CT molecular complexity index is 1420. The van der Waals surface area contributed by atoms with Crippen molar-refractivity contribution < 1.29 is 19.1 Å². The van der Waals surface area contributed by atoms with Crippen LogP contribution in [0.1, 0.15) is 52.8 Å². The van der Waals surface area contributed by atoms with E-state index in [1.807, 2.05) is 47.8 Å². The molecule has 0 radical (unpaired) electrons. The van der Waals surface area contributed by atoms with Crippen LogP contribution in [0.2, 0.25) is 0 Å². The fourth-order valence-electron chi connectivity index (χ4n) is 6.12. The Hall–Kier alpha value is -3.98. The van der Waals surface area contributed by atoms with Crippen molar-refractivity contribution in [1.82, 2.24) is 14.5 Å². The van der Waals surface area contributed by atoms with Gasteiger partial charge in [-0.25, -0.2) is 9.59 Å². The molecule has 2 aliphatic heterocycles. The van der Waals surface area contributed by atoms with Crippen molar-refractivity contribution in [1.29, 1.82) is 0 Å². The van der Waals surface area contributed by atoms with Gasteiger partial charge in [-0.2, -0.15) is 0 Å². The van der Waals surface area contributed by atoms with Gasteiger partial charge in [-0.05, 0) is 62.2 Å². The summed E-state index contributed by atoms with van der Waals surface area (Å²) in [5, 5.41) is 5.32. The van der Waals surface area contributed by atoms with Gasteiger partial charge in [-0.15, -0.1) is 0 Å². The zero-order valence-corrected chi connectivity index (χ0v) is 25.3. The first-order valence-electron chi connectivity index (χ1n) is 15.0. The molecule has 224 valence electrons. The van der Waals surface area contributed by atoms with E-state index in [9.17, 15) is 9.59 Å². The van der Waals surface area contributed by atoms with Crippen LogP contribution in [0.25, 0.3) is 21.8 Å². The maximum atomic E-state index is 11.8. The number of fused-ring (bicyclic) bond motifs is 2. The van der Waals surface area contributed by atoms with Crippen molar-refractivity contribution in [2.24, 2.45) is 14.1 Å². The molecule has 6 rings (SSSR count). The van der Waals surface area contributed by atoms with Crippen LogP contribution in [0.3, 0.4) is 0 Å². The molecule has 0 amide bonds. The Balaban J connectivity index is 0.000000168. The average Bonchev–Trinajstić information content (AvgIpc) is 3.26. The molecule has 0 atom stereocenters. The van der Waals surface area contributed by atoms with Gasteiger partial charge in [0.25, 0.3) is 0 Å². The predicted molar refractivity (Wildman–Crippen MR) is 169 cm³/mol. The van der Waals surface area contributed by atoms with Crippen molar-refractivity contribution in [2.75, 3.05) is 63.3 Å². The van der Waals surface area contributed by atoms with Gasteiger partial charge in [0.2, 0.25) is 0 Å². The molecule has 4 aromatic rings. The van der Waals surface area contributed by atoms with E-state index >= 15 is 0 Å². The number of ether oxygens (including phenoxy) is 2. The van der Waals surface area contributed by atoms with E-state index in [4.69, 9.17) is 9.47 Å². The summed E-state index contributed by atoms with van der Waals surface area (Å²) in [6.07, 6.45) is 10.0. The molecule has 0 aliphatic carbocycles. The molecule has 1 N–H and O–H groups in total. The van der Waals surface area contributed by atoms with Gasteiger partial charge >= 0.3 is 11.9 Å². The largest absolute Gasteiger partial charge is 0.465 e. The van der Waals surface area contributed by atoms with Crippen LogP contribution in [-0.4, -0.2) is 74.6 Å². The Morgan fingerprint density at radius 2 is 1.12 bits per heavy atom. The SMILES string of the molecule is COC(=O)c1cn(C)c2cc(N3CCCCCC3)ccc12.COC(=O)c1cn(C)c2cc(N3CCCNCC3)ccc12. The third kappa shape index (κ3) is 6.26. The second-order valence-corrected chi connectivity index (χ2v) is 11.2. The number of aromatic nitrogens is 2. The lowest BCUT2D eigenvalue weighted by Gasteiger charge is -2.22. The number of carbonyl (C=O) groups is 2. The Morgan fingerprint density at radius 3 is 1.62 bits per heavy atom. The minimum absolute atomic E-state index is 0.275. The van der Waals surface area contributed by atoms with E-state index in [1.165, 1.54) is 51.3 Å². The molecule has 2 saturated heterocycles. The summed E-state index contributed by atoms with van der Waals surface area (Å²) in [6, 6.07) is 12.6. The standard InChI is InChI=1S/C17H22N2O2.C16H21N3O2/c1-18-12-15(17(20)21-2)14-8-7-13(11-16(14)18)19-9-5-3-4-6-10-19;1-18-11-14(16(20)21-2)13-5-4-12(10-15(13)18)19-8-3-6-17-7-9-19/h7-8,11-12H,3-6,9-10H2,1-2H3;4-5,10-11,17H,3,6-9H2,1-2H3. The van der Waals surface area contributed by atoms with Crippen molar-refractivity contribution in [3.05, 3.63) is 59.9 Å². The predicted octanol–water partition coefficient (Wildman–Crippen LogP) is 5.11. The highest BCUT2D eigenvalue weighted by Crippen LogP contribution is 2.29. The maximum absolute atomic E-state index is 11.8. The topological polar surface area (TPSA) is 81.0 Å². The number of carbonyl (C=O) groups excluding carboxylic acids is 2. The second-order valence-electron chi connectivity index (χ2n) is 11.2. The highest BCUT2D eigenvalue weighted by Gasteiger charge is 2.18. The van der Waals surface area contributed by atoms with Gasteiger partial charge in [0, 0.05) is 81.4 Å². The smallest absolute Gasteiger partial charge is 0.340 e. The molecular weight excluding hydrogens is 530 g/mol. The van der Waals surface area contributed by atoms with Crippen LogP contribution in [0.5, 0.6) is 0 Å². The van der Waals surface area contributed by atoms with Crippen molar-refractivity contribution >= 4 is 45.1 Å². The van der Waals surface area contributed by atoms with Crippen LogP contribution < -0.4 is 15.1 Å². The normalized spacial score (nSPS) is 16.0. The summed E-state index contributed by atoms with van der Waals surface area (Å²) in [6.45, 7) is 6.42. The van der Waals surface area contributed by atoms with Crippen LogP contribution in [0.4, 0.5) is 11.4 Å². The average molecular weight is 574 g/mol. The minimum Gasteiger partial charge on any atom is -0.465 e. The van der Waals surface area contributed by atoms with Gasteiger partial charge in [-0.3, -0.25) is 0 Å². The Labute approximate surface area is 248 Å². The van der Waals surface area contributed by atoms with Crippen LogP contribution in [0, 0.1) is 0 Å². The molecule has 0 bridgehead atoms. The summed E-state index contributed by atoms with van der Waals surface area (Å²) < 4.78 is 13.7. The fourth-order valence-corrected chi connectivity index (χ4v) is 6.12. The van der Waals surface area contributed by atoms with Gasteiger partial charge in [0.15, 0.2) is 0 Å². The maximum Gasteiger partial charge on any atom is 0.340 e. The molecular formula is C33H43N5O4. The van der Waals surface area contributed by atoms with E-state index < -0.39 is 0 Å². The third-order valence-electron chi connectivity index (χ3n) is 8.44. The molecule has 2 aromatic heterocycles. The van der Waals surface area contributed by atoms with Crippen molar-refractivity contribution in [3.8, 4) is 0 Å². The number of methoxy groups -OCH3 is 2. The molecule has 2 aromatic carbocycles. The van der Waals surface area contributed by atoms with E-state index in [2.05, 4.69) is 39.4 Å². The quantitative estimate of drug-likeness (QED) is 0.340. The lowest BCUT2D eigenvalue weighted by atomic mass is 10.1. The highest BCUT2D eigenvalue weighted by atomic mass is 16.5. The van der Waals surface area contributed by atoms with Crippen LogP contribution in [-0.2, 0) is 23.6 Å². The number of aryl methyl sites for hydroxylation is 2. The number of anilines is 2. The van der Waals surface area contributed by atoms with Crippen LogP contribution >= 0.6 is 0 Å². The van der Waals surface area contributed by atoms with Crippen LogP contribution in [0.15, 0.2) is 48.8 Å². The van der Waals surface area contributed by atoms with E-state index in [0.717, 1.165) is 67.5 Å². The molecule has 4 heterocycles. The zero-order chi connectivity index (χ0) is 29.6. The molecule has 0 unspecified atom stereocenters. The Kier molecular flexibility index (Phi) is 9.37. The number of rotatable bonds is 4. The third-order valence-corrected chi connectivity index (χ3v) is 8.44. The summed E-state index contributed by atoms with van der Waals surface area (Å²) in [5.74, 6) is -0.560. The lowest BCUT2D eigenvalue weighted by Crippen LogP contribution is -2.27. The minimum atomic E-state index is -0.285. The number of benzene rings is 2. The number of esters is 2. The molecule has 9 heteroatoms. The summed E-state index contributed by atoms with van der Waals surface area (Å²) in [4.78, 5) is 28.5. The Morgan fingerprint density at radius 1 is 0.643 bits per heavy atom.